The Morgan fingerprint density at radius 3 is 2.28 bits per heavy atom. The molecule has 1 aromatic carbocycles. The van der Waals surface area contributed by atoms with Crippen LogP contribution in [0.1, 0.15) is 18.4 Å². The van der Waals surface area contributed by atoms with Crippen molar-refractivity contribution in [3.05, 3.63) is 35.9 Å². The Bertz CT molecular complexity index is 620. The molecule has 0 aromatic heterocycles. The molecule has 0 saturated heterocycles. The lowest BCUT2D eigenvalue weighted by Crippen LogP contribution is -2.68. The van der Waals surface area contributed by atoms with E-state index >= 15 is 0 Å². The third kappa shape index (κ3) is 7.93. The number of aliphatic carboxylic acids is 2. The van der Waals surface area contributed by atoms with Crippen LogP contribution in [0, 0.1) is 0 Å². The Kier molecular flexibility index (Phi) is 8.07. The Morgan fingerprint density at radius 1 is 1.08 bits per heavy atom. The van der Waals surface area contributed by atoms with Crippen LogP contribution in [0.25, 0.3) is 0 Å². The normalized spacial score (nSPS) is 12.7. The van der Waals surface area contributed by atoms with Gasteiger partial charge in [0.05, 0.1) is 18.6 Å². The molecule has 9 heteroatoms. The summed E-state index contributed by atoms with van der Waals surface area (Å²) in [6, 6.07) is 6.60. The van der Waals surface area contributed by atoms with Crippen LogP contribution < -0.4 is 26.6 Å². The number of carbonyl (C=O) groups is 4. The van der Waals surface area contributed by atoms with E-state index in [1.54, 1.807) is 30.3 Å². The molecule has 5 N–H and O–H groups in total. The molecule has 2 atom stereocenters. The molecule has 0 radical (unpaired) electrons. The van der Waals surface area contributed by atoms with Gasteiger partial charge in [-0.3, -0.25) is 9.59 Å². The summed E-state index contributed by atoms with van der Waals surface area (Å²) in [5.74, 6) is -4.04. The second-order valence-corrected chi connectivity index (χ2v) is 5.45. The van der Waals surface area contributed by atoms with E-state index in [1.807, 2.05) is 0 Å². The van der Waals surface area contributed by atoms with Gasteiger partial charge in [-0.2, -0.15) is 0 Å². The second kappa shape index (κ2) is 10.0. The van der Waals surface area contributed by atoms with Gasteiger partial charge in [0.1, 0.15) is 0 Å². The van der Waals surface area contributed by atoms with Crippen LogP contribution in [0.4, 0.5) is 0 Å². The topological polar surface area (TPSA) is 166 Å². The second-order valence-electron chi connectivity index (χ2n) is 5.45. The van der Waals surface area contributed by atoms with E-state index in [-0.39, 0.29) is 19.3 Å². The molecule has 0 heterocycles. The fourth-order valence-corrected chi connectivity index (χ4v) is 2.02. The average Bonchev–Trinajstić information content (AvgIpc) is 2.57. The molecule has 0 unspecified atom stereocenters. The van der Waals surface area contributed by atoms with E-state index in [4.69, 9.17) is 0 Å². The molecular weight excluding hydrogens is 330 g/mol. The molecule has 1 rings (SSSR count). The fraction of sp³-hybridized carbons (Fsp3) is 0.375. The van der Waals surface area contributed by atoms with Crippen LogP contribution in [-0.2, 0) is 25.6 Å². The van der Waals surface area contributed by atoms with Crippen molar-refractivity contribution in [1.29, 1.82) is 0 Å². The van der Waals surface area contributed by atoms with Gasteiger partial charge >= 0.3 is 0 Å². The summed E-state index contributed by atoms with van der Waals surface area (Å²) in [6.07, 6.45) is -0.296. The third-order valence-corrected chi connectivity index (χ3v) is 3.39. The van der Waals surface area contributed by atoms with E-state index in [9.17, 15) is 29.4 Å². The molecule has 0 aliphatic carbocycles. The van der Waals surface area contributed by atoms with E-state index in [1.165, 1.54) is 0 Å². The van der Waals surface area contributed by atoms with Crippen molar-refractivity contribution in [3.8, 4) is 0 Å². The largest absolute Gasteiger partial charge is 0.550 e. The highest BCUT2D eigenvalue weighted by Crippen LogP contribution is 2.02. The van der Waals surface area contributed by atoms with Crippen LogP contribution in [-0.4, -0.2) is 42.4 Å². The summed E-state index contributed by atoms with van der Waals surface area (Å²) in [7, 11) is 0. The maximum Gasteiger partial charge on any atom is 0.278 e. The zero-order chi connectivity index (χ0) is 18.8. The molecule has 2 amide bonds. The monoisotopic (exact) mass is 350 g/mol. The number of nitrogens with one attached hydrogen (secondary N) is 2. The third-order valence-electron chi connectivity index (χ3n) is 3.39. The SMILES string of the molecule is [NH3+][C@@H](CCC(=O)[O-])C(=O)NCC(=O)N[C@H](Cc1ccccc1)C(=O)[O-]. The predicted octanol–water partition coefficient (Wildman–Crippen LogP) is -4.28. The maximum atomic E-state index is 11.8. The molecule has 0 saturated carbocycles. The number of carboxylic acid groups (broad SMARTS) is 2. The Balaban J connectivity index is 2.46. The summed E-state index contributed by atoms with van der Waals surface area (Å²) in [6.45, 7) is -0.450. The smallest absolute Gasteiger partial charge is 0.278 e. The number of carbonyl (C=O) groups excluding carboxylic acids is 4. The minimum Gasteiger partial charge on any atom is -0.550 e. The van der Waals surface area contributed by atoms with Crippen LogP contribution >= 0.6 is 0 Å². The number of benzene rings is 1. The van der Waals surface area contributed by atoms with Gasteiger partial charge in [-0.05, 0) is 18.4 Å². The molecule has 0 aliphatic rings. The van der Waals surface area contributed by atoms with Crippen molar-refractivity contribution in [1.82, 2.24) is 10.6 Å². The highest BCUT2D eigenvalue weighted by atomic mass is 16.4. The molecular formula is C16H20N3O6-. The Morgan fingerprint density at radius 2 is 1.72 bits per heavy atom. The standard InChI is InChI=1S/C16H21N3O6/c17-11(6-7-14(21)22)15(23)18-9-13(20)19-12(16(24)25)8-10-4-2-1-3-5-10/h1-5,11-12H,6-9,17H2,(H,18,23)(H,19,20)(H,21,22)(H,24,25)/p-1/t11-,12+/m0/s1. The average molecular weight is 350 g/mol. The van der Waals surface area contributed by atoms with Crippen LogP contribution in [0.3, 0.4) is 0 Å². The van der Waals surface area contributed by atoms with Gasteiger partial charge in [-0.15, -0.1) is 0 Å². The number of hydrogen-bond acceptors (Lipinski definition) is 6. The van der Waals surface area contributed by atoms with Crippen molar-refractivity contribution in [2.75, 3.05) is 6.54 Å². The Labute approximate surface area is 144 Å². The summed E-state index contributed by atoms with van der Waals surface area (Å²) in [5, 5.41) is 26.0. The number of rotatable bonds is 10. The number of quaternary nitrogens is 1. The number of amides is 2. The number of carboxylic acids is 2. The fourth-order valence-electron chi connectivity index (χ4n) is 2.02. The zero-order valence-corrected chi connectivity index (χ0v) is 13.5. The molecule has 0 aliphatic heterocycles. The molecule has 136 valence electrons. The summed E-state index contributed by atoms with van der Waals surface area (Å²) < 4.78 is 0. The quantitative estimate of drug-likeness (QED) is 0.386. The van der Waals surface area contributed by atoms with Crippen LogP contribution in [0.2, 0.25) is 0 Å². The highest BCUT2D eigenvalue weighted by molar-refractivity contribution is 5.88. The first-order valence-corrected chi connectivity index (χ1v) is 7.64. The molecule has 0 spiro atoms. The van der Waals surface area contributed by atoms with E-state index in [2.05, 4.69) is 16.4 Å². The predicted molar refractivity (Wildman–Crippen MR) is 81.0 cm³/mol. The van der Waals surface area contributed by atoms with E-state index in [0.29, 0.717) is 5.56 Å². The molecule has 0 bridgehead atoms. The summed E-state index contributed by atoms with van der Waals surface area (Å²) in [5.41, 5.74) is 4.20. The number of hydrogen-bond donors (Lipinski definition) is 3. The first-order valence-electron chi connectivity index (χ1n) is 7.64. The zero-order valence-electron chi connectivity index (χ0n) is 13.5. The highest BCUT2D eigenvalue weighted by Gasteiger charge is 2.19. The summed E-state index contributed by atoms with van der Waals surface area (Å²) >= 11 is 0. The van der Waals surface area contributed by atoms with Crippen molar-refractivity contribution in [2.45, 2.75) is 31.3 Å². The lowest BCUT2D eigenvalue weighted by Gasteiger charge is -2.20. The lowest BCUT2D eigenvalue weighted by atomic mass is 10.1. The van der Waals surface area contributed by atoms with Gasteiger partial charge in [0.15, 0.2) is 6.04 Å². The molecule has 0 fully saturated rings. The molecule has 1 aromatic rings. The van der Waals surface area contributed by atoms with E-state index < -0.39 is 42.4 Å². The van der Waals surface area contributed by atoms with Gasteiger partial charge in [0.2, 0.25) is 5.91 Å². The van der Waals surface area contributed by atoms with Gasteiger partial charge < -0.3 is 36.2 Å². The van der Waals surface area contributed by atoms with Gasteiger partial charge in [-0.25, -0.2) is 0 Å². The van der Waals surface area contributed by atoms with Gasteiger partial charge in [-0.1, -0.05) is 30.3 Å². The maximum absolute atomic E-state index is 11.8. The van der Waals surface area contributed by atoms with Gasteiger partial charge in [0.25, 0.3) is 5.91 Å². The first kappa shape index (κ1) is 20.1. The van der Waals surface area contributed by atoms with Crippen LogP contribution in [0.5, 0.6) is 0 Å². The molecule has 9 nitrogen and oxygen atoms in total. The van der Waals surface area contributed by atoms with Gasteiger partial charge in [0, 0.05) is 12.4 Å². The lowest BCUT2D eigenvalue weighted by molar-refractivity contribution is -0.406. The van der Waals surface area contributed by atoms with E-state index in [0.717, 1.165) is 0 Å². The first-order chi connectivity index (χ1) is 11.8. The Hall–Kier alpha value is -2.94. The molecule has 25 heavy (non-hydrogen) atoms. The van der Waals surface area contributed by atoms with Crippen molar-refractivity contribution < 1.29 is 35.1 Å². The minimum atomic E-state index is -1.44. The summed E-state index contributed by atoms with van der Waals surface area (Å²) in [4.78, 5) is 45.0. The van der Waals surface area contributed by atoms with Crippen molar-refractivity contribution >= 4 is 23.8 Å². The van der Waals surface area contributed by atoms with Crippen molar-refractivity contribution in [3.63, 3.8) is 0 Å². The van der Waals surface area contributed by atoms with Crippen LogP contribution in [0.15, 0.2) is 30.3 Å². The minimum absolute atomic E-state index is 0.0224. The van der Waals surface area contributed by atoms with Crippen molar-refractivity contribution in [2.24, 2.45) is 0 Å².